The topological polar surface area (TPSA) is 90.1 Å². The van der Waals surface area contributed by atoms with Gasteiger partial charge in [0.2, 0.25) is 6.17 Å². The fraction of sp³-hybridized carbons (Fsp3) is 0.556. The standard InChI is InChI=1S/C18H18F8N3O4S/c1-3-34(32,33)12-6-10(9-4-5-9)7-28(30)13(12)15-27(2)11(8-29(15)31)14(19)16(20,17(21,22)23)18(24,25)26/h6-9,14,31H,3-5H2,1-2H3/q+1. The van der Waals surface area contributed by atoms with E-state index in [0.29, 0.717) is 25.5 Å². The molecule has 0 saturated heterocycles. The lowest BCUT2D eigenvalue weighted by molar-refractivity contribution is -0.684. The number of nitrogens with zero attached hydrogens (tertiary/aromatic N) is 3. The van der Waals surface area contributed by atoms with Crippen molar-refractivity contribution in [3.63, 3.8) is 0 Å². The number of hydrogen-bond donors (Lipinski definition) is 1. The zero-order valence-electron chi connectivity index (χ0n) is 17.5. The molecule has 7 nitrogen and oxygen atoms in total. The zero-order valence-corrected chi connectivity index (χ0v) is 18.3. The highest BCUT2D eigenvalue weighted by Crippen LogP contribution is 2.54. The Kier molecular flexibility index (Phi) is 6.07. The van der Waals surface area contributed by atoms with Crippen LogP contribution in [0.15, 0.2) is 23.4 Å². The second-order valence-electron chi connectivity index (χ2n) is 7.84. The van der Waals surface area contributed by atoms with E-state index in [1.807, 2.05) is 0 Å². The molecule has 1 fully saturated rings. The molecule has 34 heavy (non-hydrogen) atoms. The van der Waals surface area contributed by atoms with Gasteiger partial charge in [-0.25, -0.2) is 21.8 Å². The summed E-state index contributed by atoms with van der Waals surface area (Å²) >= 11 is 0. The van der Waals surface area contributed by atoms with Crippen LogP contribution in [0.2, 0.25) is 0 Å². The minimum Gasteiger partial charge on any atom is -0.618 e. The summed E-state index contributed by atoms with van der Waals surface area (Å²) in [5.74, 6) is -1.67. The van der Waals surface area contributed by atoms with E-state index in [0.717, 1.165) is 12.3 Å². The summed E-state index contributed by atoms with van der Waals surface area (Å²) in [7, 11) is -3.59. The van der Waals surface area contributed by atoms with Gasteiger partial charge in [-0.15, -0.1) is 0 Å². The molecule has 1 aliphatic carbocycles. The minimum absolute atomic E-state index is 0.00293. The predicted octanol–water partition coefficient (Wildman–Crippen LogP) is 3.36. The van der Waals surface area contributed by atoms with Crippen molar-refractivity contribution in [2.75, 3.05) is 5.75 Å². The molecule has 1 saturated carbocycles. The SMILES string of the molecule is CCS(=O)(=O)c1cc(C2CC2)c[n+]([O-])c1-c1n(O)cc(C(F)C(F)(C(F)(F)F)C(F)(F)F)[n+]1C. The van der Waals surface area contributed by atoms with Crippen molar-refractivity contribution >= 4 is 9.84 Å². The molecule has 190 valence electrons. The number of halogens is 8. The van der Waals surface area contributed by atoms with Crippen LogP contribution in [-0.2, 0) is 16.9 Å². The number of imidazole rings is 1. The summed E-state index contributed by atoms with van der Waals surface area (Å²) < 4.78 is 132. The second kappa shape index (κ2) is 7.95. The molecule has 1 unspecified atom stereocenters. The van der Waals surface area contributed by atoms with Crippen molar-refractivity contribution in [2.24, 2.45) is 7.05 Å². The Hall–Kier alpha value is -2.65. The molecule has 1 aliphatic rings. The molecule has 0 aromatic carbocycles. The first-order chi connectivity index (χ1) is 15.4. The Morgan fingerprint density at radius 2 is 1.71 bits per heavy atom. The quantitative estimate of drug-likeness (QED) is 0.272. The lowest BCUT2D eigenvalue weighted by Crippen LogP contribution is -2.58. The van der Waals surface area contributed by atoms with Gasteiger partial charge < -0.3 is 10.4 Å². The van der Waals surface area contributed by atoms with Crippen LogP contribution in [0.5, 0.6) is 0 Å². The van der Waals surface area contributed by atoms with Crippen LogP contribution in [0.4, 0.5) is 35.1 Å². The third-order valence-corrected chi connectivity index (χ3v) is 7.35. The van der Waals surface area contributed by atoms with Gasteiger partial charge in [-0.1, -0.05) is 6.92 Å². The Bertz CT molecular complexity index is 1210. The molecule has 0 spiro atoms. The molecule has 2 aromatic rings. The molecule has 2 heterocycles. The van der Waals surface area contributed by atoms with Gasteiger partial charge in [0.15, 0.2) is 27.9 Å². The number of alkyl halides is 8. The van der Waals surface area contributed by atoms with Crippen molar-refractivity contribution in [1.82, 2.24) is 4.73 Å². The normalized spacial score (nSPS) is 16.6. The van der Waals surface area contributed by atoms with E-state index in [1.54, 1.807) is 0 Å². The van der Waals surface area contributed by atoms with Crippen molar-refractivity contribution in [3.05, 3.63) is 34.9 Å². The Morgan fingerprint density at radius 1 is 1.18 bits per heavy atom. The van der Waals surface area contributed by atoms with Crippen LogP contribution >= 0.6 is 0 Å². The summed E-state index contributed by atoms with van der Waals surface area (Å²) in [6.45, 7) is 1.21. The van der Waals surface area contributed by atoms with E-state index < -0.39 is 61.9 Å². The van der Waals surface area contributed by atoms with Crippen LogP contribution in [0.3, 0.4) is 0 Å². The van der Waals surface area contributed by atoms with E-state index in [-0.39, 0.29) is 26.1 Å². The van der Waals surface area contributed by atoms with E-state index in [1.165, 1.54) is 6.92 Å². The molecule has 0 radical (unpaired) electrons. The van der Waals surface area contributed by atoms with Crippen LogP contribution in [0, 0.1) is 5.21 Å². The fourth-order valence-corrected chi connectivity index (χ4v) is 4.61. The number of aromatic nitrogens is 3. The van der Waals surface area contributed by atoms with Crippen molar-refractivity contribution in [1.29, 1.82) is 0 Å². The third kappa shape index (κ3) is 3.94. The molecule has 0 amide bonds. The highest BCUT2D eigenvalue weighted by atomic mass is 32.2. The molecular formula is C18H18F8N3O4S+. The second-order valence-corrected chi connectivity index (χ2v) is 10.1. The Balaban J connectivity index is 2.29. The van der Waals surface area contributed by atoms with Crippen LogP contribution < -0.4 is 9.30 Å². The Labute approximate surface area is 187 Å². The molecule has 3 rings (SSSR count). The summed E-state index contributed by atoms with van der Waals surface area (Å²) in [6.07, 6.45) is -15.7. The third-order valence-electron chi connectivity index (χ3n) is 5.60. The lowest BCUT2D eigenvalue weighted by Gasteiger charge is -2.31. The molecule has 1 atom stereocenters. The molecule has 0 bridgehead atoms. The van der Waals surface area contributed by atoms with Gasteiger partial charge in [-0.2, -0.15) is 31.1 Å². The number of hydrogen-bond acceptors (Lipinski definition) is 4. The largest absolute Gasteiger partial charge is 0.618 e. The van der Waals surface area contributed by atoms with Gasteiger partial charge in [-0.3, -0.25) is 0 Å². The first kappa shape index (κ1) is 26.0. The van der Waals surface area contributed by atoms with Crippen molar-refractivity contribution in [2.45, 2.75) is 54.8 Å². The van der Waals surface area contributed by atoms with E-state index in [4.69, 9.17) is 0 Å². The van der Waals surface area contributed by atoms with Gasteiger partial charge in [-0.05, 0) is 29.6 Å². The molecule has 1 N–H and O–H groups in total. The summed E-state index contributed by atoms with van der Waals surface area (Å²) in [4.78, 5) is -0.682. The van der Waals surface area contributed by atoms with E-state index >= 15 is 0 Å². The van der Waals surface area contributed by atoms with Gasteiger partial charge in [0.25, 0.3) is 0 Å². The molecule has 0 aliphatic heterocycles. The average Bonchev–Trinajstić information content (AvgIpc) is 3.51. The minimum atomic E-state index is -6.74. The monoisotopic (exact) mass is 524 g/mol. The number of sulfone groups is 1. The first-order valence-corrected chi connectivity index (χ1v) is 11.3. The smallest absolute Gasteiger partial charge is 0.435 e. The maximum Gasteiger partial charge on any atom is 0.435 e. The molecular weight excluding hydrogens is 506 g/mol. The highest BCUT2D eigenvalue weighted by molar-refractivity contribution is 7.91. The summed E-state index contributed by atoms with van der Waals surface area (Å²) in [5, 5.41) is 22.9. The van der Waals surface area contributed by atoms with Gasteiger partial charge in [0.05, 0.1) is 12.8 Å². The zero-order chi connectivity index (χ0) is 26.0. The van der Waals surface area contributed by atoms with Crippen LogP contribution in [-0.4, -0.2) is 42.1 Å². The number of pyridine rings is 1. The fourth-order valence-electron chi connectivity index (χ4n) is 3.51. The van der Waals surface area contributed by atoms with Crippen molar-refractivity contribution in [3.8, 4) is 11.5 Å². The first-order valence-electron chi connectivity index (χ1n) is 9.65. The maximum absolute atomic E-state index is 14.7. The molecule has 2 aromatic heterocycles. The predicted molar refractivity (Wildman–Crippen MR) is 96.7 cm³/mol. The van der Waals surface area contributed by atoms with E-state index in [2.05, 4.69) is 0 Å². The maximum atomic E-state index is 14.7. The number of rotatable bonds is 6. The summed E-state index contributed by atoms with van der Waals surface area (Å²) in [6, 6.07) is 1.10. The van der Waals surface area contributed by atoms with Crippen molar-refractivity contribution < 1.29 is 58.0 Å². The molecule has 16 heteroatoms. The van der Waals surface area contributed by atoms with Gasteiger partial charge in [0.1, 0.15) is 4.90 Å². The summed E-state index contributed by atoms with van der Waals surface area (Å²) in [5.41, 5.74) is -8.60. The lowest BCUT2D eigenvalue weighted by atomic mass is 9.96. The Morgan fingerprint density at radius 3 is 2.15 bits per heavy atom. The highest BCUT2D eigenvalue weighted by Gasteiger charge is 2.78. The van der Waals surface area contributed by atoms with E-state index in [9.17, 15) is 54.0 Å². The average molecular weight is 524 g/mol. The van der Waals surface area contributed by atoms with Gasteiger partial charge in [0, 0.05) is 5.56 Å². The van der Waals surface area contributed by atoms with Crippen LogP contribution in [0.25, 0.3) is 11.5 Å². The van der Waals surface area contributed by atoms with Gasteiger partial charge >= 0.3 is 29.5 Å². The van der Waals surface area contributed by atoms with Crippen LogP contribution in [0.1, 0.15) is 43.1 Å².